The van der Waals surface area contributed by atoms with Crippen LogP contribution in [-0.4, -0.2) is 43.6 Å². The summed E-state index contributed by atoms with van der Waals surface area (Å²) >= 11 is 6.03. The van der Waals surface area contributed by atoms with E-state index in [0.29, 0.717) is 11.6 Å². The minimum absolute atomic E-state index is 0.174. The number of Topliss-reactive ketones (excluding diaryl/α,β-unsaturated/α-hetero) is 1. The largest absolute Gasteiger partial charge is 0.489 e. The number of benzene rings is 1. The highest BCUT2D eigenvalue weighted by Crippen LogP contribution is 2.29. The molecule has 1 aromatic rings. The van der Waals surface area contributed by atoms with Gasteiger partial charge in [-0.1, -0.05) is 17.7 Å². The van der Waals surface area contributed by atoms with Crippen molar-refractivity contribution in [3.8, 4) is 5.75 Å². The average Bonchev–Trinajstić information content (AvgIpc) is 2.53. The lowest BCUT2D eigenvalue weighted by molar-refractivity contribution is -0.165. The molecule has 1 aromatic carbocycles. The number of hydrogen-bond donors (Lipinski definition) is 1. The van der Waals surface area contributed by atoms with Crippen molar-refractivity contribution in [1.29, 1.82) is 0 Å². The molecule has 116 valence electrons. The number of para-hydroxylation sites is 1. The SMILES string of the molecule is O=C(CO)c1cccc(Cl)c1OCCOC1CCCCO1. The zero-order valence-corrected chi connectivity index (χ0v) is 12.5. The molecule has 1 aliphatic heterocycles. The van der Waals surface area contributed by atoms with Gasteiger partial charge < -0.3 is 19.3 Å². The van der Waals surface area contributed by atoms with Crippen molar-refractivity contribution in [2.75, 3.05) is 26.4 Å². The van der Waals surface area contributed by atoms with E-state index in [1.54, 1.807) is 18.2 Å². The molecule has 0 amide bonds. The predicted molar refractivity (Wildman–Crippen MR) is 77.9 cm³/mol. The Hall–Kier alpha value is -1.14. The second-order valence-electron chi connectivity index (χ2n) is 4.71. The van der Waals surface area contributed by atoms with Crippen LogP contribution in [0.2, 0.25) is 5.02 Å². The Kier molecular flexibility index (Phi) is 6.45. The van der Waals surface area contributed by atoms with E-state index in [9.17, 15) is 4.79 Å². The molecule has 2 rings (SSSR count). The van der Waals surface area contributed by atoms with Crippen molar-refractivity contribution in [2.45, 2.75) is 25.6 Å². The lowest BCUT2D eigenvalue weighted by atomic mass is 10.1. The molecule has 1 saturated heterocycles. The number of aliphatic hydroxyl groups is 1. The first-order valence-corrected chi connectivity index (χ1v) is 7.38. The number of ether oxygens (including phenoxy) is 3. The summed E-state index contributed by atoms with van der Waals surface area (Å²) in [4.78, 5) is 11.6. The van der Waals surface area contributed by atoms with Gasteiger partial charge in [-0.05, 0) is 31.4 Å². The summed E-state index contributed by atoms with van der Waals surface area (Å²) in [5.74, 6) is -0.143. The topological polar surface area (TPSA) is 65.0 Å². The van der Waals surface area contributed by atoms with Gasteiger partial charge in [0.15, 0.2) is 12.1 Å². The zero-order chi connectivity index (χ0) is 15.1. The second kappa shape index (κ2) is 8.34. The fourth-order valence-electron chi connectivity index (χ4n) is 2.13. The normalized spacial score (nSPS) is 18.5. The molecule has 0 saturated carbocycles. The molecule has 5 nitrogen and oxygen atoms in total. The summed E-state index contributed by atoms with van der Waals surface area (Å²) in [6.45, 7) is 0.756. The molecule has 0 bridgehead atoms. The molecule has 21 heavy (non-hydrogen) atoms. The van der Waals surface area contributed by atoms with Crippen LogP contribution in [0.4, 0.5) is 0 Å². The third-order valence-electron chi connectivity index (χ3n) is 3.18. The van der Waals surface area contributed by atoms with Crippen LogP contribution in [-0.2, 0) is 9.47 Å². The highest BCUT2D eigenvalue weighted by atomic mass is 35.5. The van der Waals surface area contributed by atoms with Gasteiger partial charge >= 0.3 is 0 Å². The maximum absolute atomic E-state index is 11.6. The van der Waals surface area contributed by atoms with Crippen molar-refractivity contribution in [1.82, 2.24) is 0 Å². The Bertz CT molecular complexity index is 471. The summed E-state index contributed by atoms with van der Waals surface area (Å²) in [6.07, 6.45) is 2.89. The number of halogens is 1. The van der Waals surface area contributed by atoms with Gasteiger partial charge in [0.05, 0.1) is 17.2 Å². The molecule has 0 aromatic heterocycles. The van der Waals surface area contributed by atoms with Crippen LogP contribution >= 0.6 is 11.6 Å². The molecular weight excluding hydrogens is 296 g/mol. The zero-order valence-electron chi connectivity index (χ0n) is 11.7. The molecule has 1 aliphatic rings. The monoisotopic (exact) mass is 314 g/mol. The van der Waals surface area contributed by atoms with E-state index in [4.69, 9.17) is 30.9 Å². The fourth-order valence-corrected chi connectivity index (χ4v) is 2.36. The molecule has 6 heteroatoms. The van der Waals surface area contributed by atoms with Gasteiger partial charge in [-0.2, -0.15) is 0 Å². The van der Waals surface area contributed by atoms with Crippen molar-refractivity contribution in [3.63, 3.8) is 0 Å². The Labute approximate surface area is 128 Å². The summed E-state index contributed by atoms with van der Waals surface area (Å²) in [6, 6.07) is 4.85. The van der Waals surface area contributed by atoms with Gasteiger partial charge in [0.1, 0.15) is 19.0 Å². The molecule has 1 heterocycles. The van der Waals surface area contributed by atoms with Crippen LogP contribution in [0.25, 0.3) is 0 Å². The third-order valence-corrected chi connectivity index (χ3v) is 3.48. The van der Waals surface area contributed by atoms with Crippen LogP contribution in [0.1, 0.15) is 29.6 Å². The first-order valence-electron chi connectivity index (χ1n) is 7.01. The maximum Gasteiger partial charge on any atom is 0.191 e. The van der Waals surface area contributed by atoms with E-state index in [0.717, 1.165) is 25.9 Å². The standard InChI is InChI=1S/C15H19ClO5/c16-12-5-3-4-11(13(18)10-17)15(12)21-9-8-20-14-6-1-2-7-19-14/h3-5,14,17H,1-2,6-10H2. The molecule has 1 unspecified atom stereocenters. The molecule has 1 atom stereocenters. The molecule has 0 radical (unpaired) electrons. The van der Waals surface area contributed by atoms with Gasteiger partial charge in [0.2, 0.25) is 0 Å². The number of ketones is 1. The lowest BCUT2D eigenvalue weighted by Crippen LogP contribution is -2.24. The quantitative estimate of drug-likeness (QED) is 0.618. The number of rotatable bonds is 7. The van der Waals surface area contributed by atoms with Gasteiger partial charge in [0, 0.05) is 6.61 Å². The summed E-state index contributed by atoms with van der Waals surface area (Å²) in [7, 11) is 0. The van der Waals surface area contributed by atoms with Gasteiger partial charge in [-0.15, -0.1) is 0 Å². The number of carbonyl (C=O) groups is 1. The lowest BCUT2D eigenvalue weighted by Gasteiger charge is -2.22. The molecular formula is C15H19ClO5. The maximum atomic E-state index is 11.6. The predicted octanol–water partition coefficient (Wildman–Crippen LogP) is 2.44. The van der Waals surface area contributed by atoms with E-state index in [1.165, 1.54) is 0 Å². The van der Waals surface area contributed by atoms with E-state index >= 15 is 0 Å². The third kappa shape index (κ3) is 4.68. The number of hydrogen-bond acceptors (Lipinski definition) is 5. The van der Waals surface area contributed by atoms with E-state index in [-0.39, 0.29) is 24.2 Å². The second-order valence-corrected chi connectivity index (χ2v) is 5.12. The first kappa shape index (κ1) is 16.2. The van der Waals surface area contributed by atoms with Crippen LogP contribution in [0.3, 0.4) is 0 Å². The van der Waals surface area contributed by atoms with E-state index in [1.807, 2.05) is 0 Å². The Morgan fingerprint density at radius 1 is 1.38 bits per heavy atom. The van der Waals surface area contributed by atoms with Crippen LogP contribution in [0, 0.1) is 0 Å². The highest BCUT2D eigenvalue weighted by molar-refractivity contribution is 6.32. The van der Waals surface area contributed by atoms with Crippen LogP contribution in [0.5, 0.6) is 5.75 Å². The smallest absolute Gasteiger partial charge is 0.191 e. The van der Waals surface area contributed by atoms with Crippen molar-refractivity contribution >= 4 is 17.4 Å². The average molecular weight is 315 g/mol. The van der Waals surface area contributed by atoms with Crippen molar-refractivity contribution < 1.29 is 24.1 Å². The van der Waals surface area contributed by atoms with Crippen LogP contribution < -0.4 is 4.74 Å². The Morgan fingerprint density at radius 3 is 2.95 bits per heavy atom. The fraction of sp³-hybridized carbons (Fsp3) is 0.533. The number of aliphatic hydroxyl groups excluding tert-OH is 1. The Morgan fingerprint density at radius 2 is 2.24 bits per heavy atom. The molecule has 0 aliphatic carbocycles. The minimum Gasteiger partial charge on any atom is -0.489 e. The molecule has 0 spiro atoms. The first-order chi connectivity index (χ1) is 10.2. The summed E-state index contributed by atoms with van der Waals surface area (Å²) in [5.41, 5.74) is 0.277. The highest BCUT2D eigenvalue weighted by Gasteiger charge is 2.16. The van der Waals surface area contributed by atoms with Gasteiger partial charge in [-0.3, -0.25) is 4.79 Å². The van der Waals surface area contributed by atoms with Crippen LogP contribution in [0.15, 0.2) is 18.2 Å². The minimum atomic E-state index is -0.580. The van der Waals surface area contributed by atoms with Gasteiger partial charge in [-0.25, -0.2) is 0 Å². The van der Waals surface area contributed by atoms with Crippen molar-refractivity contribution in [2.24, 2.45) is 0 Å². The van der Waals surface area contributed by atoms with Crippen molar-refractivity contribution in [3.05, 3.63) is 28.8 Å². The van der Waals surface area contributed by atoms with Gasteiger partial charge in [0.25, 0.3) is 0 Å². The molecule has 1 fully saturated rings. The number of carbonyl (C=O) groups excluding carboxylic acids is 1. The summed E-state index contributed by atoms with van der Waals surface area (Å²) in [5, 5.41) is 9.29. The molecule has 1 N–H and O–H groups in total. The van der Waals surface area contributed by atoms with E-state index < -0.39 is 12.4 Å². The van der Waals surface area contributed by atoms with E-state index in [2.05, 4.69) is 0 Å². The Balaban J connectivity index is 1.86. The summed E-state index contributed by atoms with van der Waals surface area (Å²) < 4.78 is 16.5.